The predicted molar refractivity (Wildman–Crippen MR) is 67.7 cm³/mol. The summed E-state index contributed by atoms with van der Waals surface area (Å²) in [5.74, 6) is 0.865. The van der Waals surface area contributed by atoms with Crippen molar-refractivity contribution in [2.24, 2.45) is 0 Å². The van der Waals surface area contributed by atoms with E-state index < -0.39 is 0 Å². The molecule has 0 aliphatic heterocycles. The molecule has 0 atom stereocenters. The Bertz CT molecular complexity index is 343. The molecule has 0 spiro atoms. The van der Waals surface area contributed by atoms with Gasteiger partial charge in [-0.15, -0.1) is 0 Å². The largest absolute Gasteiger partial charge is 0.488 e. The van der Waals surface area contributed by atoms with Crippen molar-refractivity contribution in [1.82, 2.24) is 0 Å². The average molecular weight is 219 g/mol. The molecule has 0 unspecified atom stereocenters. The molecule has 2 N–H and O–H groups in total. The molecule has 1 aromatic rings. The van der Waals surface area contributed by atoms with Gasteiger partial charge in [-0.1, -0.05) is 19.4 Å². The first-order valence-corrected chi connectivity index (χ1v) is 6.34. The fourth-order valence-electron chi connectivity index (χ4n) is 2.29. The lowest BCUT2D eigenvalue weighted by atomic mass is 9.98. The van der Waals surface area contributed by atoms with Crippen molar-refractivity contribution in [2.45, 2.75) is 51.6 Å². The van der Waals surface area contributed by atoms with Gasteiger partial charge in [-0.2, -0.15) is 0 Å². The smallest absolute Gasteiger partial charge is 0.142 e. The minimum absolute atomic E-state index is 0.378. The van der Waals surface area contributed by atoms with Gasteiger partial charge in [0.25, 0.3) is 0 Å². The Morgan fingerprint density at radius 3 is 2.62 bits per heavy atom. The number of hydrogen-bond donors (Lipinski definition) is 1. The molecule has 88 valence electrons. The van der Waals surface area contributed by atoms with E-state index >= 15 is 0 Å². The Morgan fingerprint density at radius 2 is 2.00 bits per heavy atom. The Morgan fingerprint density at radius 1 is 1.25 bits per heavy atom. The van der Waals surface area contributed by atoms with E-state index in [9.17, 15) is 0 Å². The molecule has 0 radical (unpaired) electrons. The highest BCUT2D eigenvalue weighted by molar-refractivity contribution is 5.54. The van der Waals surface area contributed by atoms with E-state index in [2.05, 4.69) is 13.0 Å². The summed E-state index contributed by atoms with van der Waals surface area (Å²) in [4.78, 5) is 0. The average Bonchev–Trinajstić information content (AvgIpc) is 2.33. The fourth-order valence-corrected chi connectivity index (χ4v) is 2.29. The van der Waals surface area contributed by atoms with E-state index in [1.54, 1.807) is 0 Å². The summed E-state index contributed by atoms with van der Waals surface area (Å²) in [5, 5.41) is 0. The number of anilines is 1. The van der Waals surface area contributed by atoms with E-state index in [0.717, 1.165) is 17.9 Å². The second kappa shape index (κ2) is 5.24. The van der Waals surface area contributed by atoms with E-state index in [-0.39, 0.29) is 0 Å². The van der Waals surface area contributed by atoms with Crippen LogP contribution in [0.5, 0.6) is 5.75 Å². The van der Waals surface area contributed by atoms with Crippen LogP contribution in [-0.4, -0.2) is 6.10 Å². The van der Waals surface area contributed by atoms with Crippen LogP contribution in [0.25, 0.3) is 0 Å². The number of ether oxygens (including phenoxy) is 1. The minimum atomic E-state index is 0.378. The molecule has 0 saturated heterocycles. The van der Waals surface area contributed by atoms with Crippen LogP contribution in [0, 0.1) is 0 Å². The van der Waals surface area contributed by atoms with Gasteiger partial charge in [0.05, 0.1) is 11.8 Å². The van der Waals surface area contributed by atoms with Gasteiger partial charge in [0, 0.05) is 0 Å². The zero-order valence-corrected chi connectivity index (χ0v) is 10.0. The number of rotatable bonds is 3. The van der Waals surface area contributed by atoms with Gasteiger partial charge in [0.15, 0.2) is 0 Å². The van der Waals surface area contributed by atoms with Crippen LogP contribution in [0.3, 0.4) is 0 Å². The molecule has 0 amide bonds. The summed E-state index contributed by atoms with van der Waals surface area (Å²) in [6, 6.07) is 6.15. The molecule has 0 heterocycles. The Kier molecular flexibility index (Phi) is 3.70. The molecule has 1 saturated carbocycles. The van der Waals surface area contributed by atoms with Gasteiger partial charge >= 0.3 is 0 Å². The van der Waals surface area contributed by atoms with Gasteiger partial charge in [-0.05, 0) is 49.8 Å². The molecular weight excluding hydrogens is 198 g/mol. The molecule has 0 bridgehead atoms. The zero-order chi connectivity index (χ0) is 11.4. The molecule has 0 aromatic heterocycles. The van der Waals surface area contributed by atoms with Crippen molar-refractivity contribution < 1.29 is 4.74 Å². The van der Waals surface area contributed by atoms with Crippen LogP contribution in [0.1, 0.15) is 44.6 Å². The highest BCUT2D eigenvalue weighted by Gasteiger charge is 2.15. The third kappa shape index (κ3) is 2.69. The molecule has 2 rings (SSSR count). The van der Waals surface area contributed by atoms with Crippen molar-refractivity contribution >= 4 is 5.69 Å². The highest BCUT2D eigenvalue weighted by Crippen LogP contribution is 2.28. The number of nitrogens with two attached hydrogens (primary N) is 1. The Hall–Kier alpha value is -1.18. The van der Waals surface area contributed by atoms with Crippen molar-refractivity contribution in [2.75, 3.05) is 5.73 Å². The SMILES string of the molecule is CCc1ccc(OC2CCCCC2)c(N)c1. The fraction of sp³-hybridized carbons (Fsp3) is 0.571. The maximum absolute atomic E-state index is 5.99. The number of aryl methyl sites for hydroxylation is 1. The summed E-state index contributed by atoms with van der Waals surface area (Å²) in [6.07, 6.45) is 7.68. The molecule has 1 aliphatic rings. The first-order valence-electron chi connectivity index (χ1n) is 6.34. The van der Waals surface area contributed by atoms with Crippen LogP contribution in [0.15, 0.2) is 18.2 Å². The van der Waals surface area contributed by atoms with E-state index in [1.165, 1.54) is 37.7 Å². The molecule has 16 heavy (non-hydrogen) atoms. The van der Waals surface area contributed by atoms with E-state index in [0.29, 0.717) is 6.10 Å². The topological polar surface area (TPSA) is 35.2 Å². The summed E-state index contributed by atoms with van der Waals surface area (Å²) < 4.78 is 5.96. The first-order chi connectivity index (χ1) is 7.79. The van der Waals surface area contributed by atoms with Gasteiger partial charge < -0.3 is 10.5 Å². The first kappa shape index (κ1) is 11.3. The van der Waals surface area contributed by atoms with Crippen molar-refractivity contribution in [1.29, 1.82) is 0 Å². The third-order valence-electron chi connectivity index (χ3n) is 3.33. The van der Waals surface area contributed by atoms with Crippen molar-refractivity contribution in [3.05, 3.63) is 23.8 Å². The number of nitrogen functional groups attached to an aromatic ring is 1. The highest BCUT2D eigenvalue weighted by atomic mass is 16.5. The van der Waals surface area contributed by atoms with Gasteiger partial charge in [-0.3, -0.25) is 0 Å². The van der Waals surface area contributed by atoms with Crippen molar-refractivity contribution in [3.8, 4) is 5.75 Å². The zero-order valence-electron chi connectivity index (χ0n) is 10.0. The van der Waals surface area contributed by atoms with E-state index in [4.69, 9.17) is 10.5 Å². The molecule has 1 aromatic carbocycles. The molecule has 1 aliphatic carbocycles. The lowest BCUT2D eigenvalue weighted by Gasteiger charge is -2.23. The normalized spacial score (nSPS) is 17.3. The lowest BCUT2D eigenvalue weighted by Crippen LogP contribution is -2.20. The van der Waals surface area contributed by atoms with E-state index in [1.807, 2.05) is 12.1 Å². The molecule has 1 fully saturated rings. The quantitative estimate of drug-likeness (QED) is 0.789. The third-order valence-corrected chi connectivity index (χ3v) is 3.33. The molecule has 2 nitrogen and oxygen atoms in total. The molecule has 2 heteroatoms. The summed E-state index contributed by atoms with van der Waals surface area (Å²) >= 11 is 0. The maximum atomic E-state index is 5.99. The minimum Gasteiger partial charge on any atom is -0.488 e. The van der Waals surface area contributed by atoms with Crippen LogP contribution < -0.4 is 10.5 Å². The summed E-state index contributed by atoms with van der Waals surface area (Å²) in [5.41, 5.74) is 8.04. The Labute approximate surface area is 97.8 Å². The predicted octanol–water partition coefficient (Wildman–Crippen LogP) is 3.54. The van der Waals surface area contributed by atoms with Gasteiger partial charge in [0.1, 0.15) is 5.75 Å². The van der Waals surface area contributed by atoms with Crippen LogP contribution >= 0.6 is 0 Å². The van der Waals surface area contributed by atoms with Gasteiger partial charge in [-0.25, -0.2) is 0 Å². The lowest BCUT2D eigenvalue weighted by molar-refractivity contribution is 0.156. The summed E-state index contributed by atoms with van der Waals surface area (Å²) in [7, 11) is 0. The number of benzene rings is 1. The second-order valence-corrected chi connectivity index (χ2v) is 4.60. The van der Waals surface area contributed by atoms with Crippen LogP contribution in [-0.2, 0) is 6.42 Å². The second-order valence-electron chi connectivity index (χ2n) is 4.60. The molecular formula is C14H21NO. The summed E-state index contributed by atoms with van der Waals surface area (Å²) in [6.45, 7) is 2.14. The maximum Gasteiger partial charge on any atom is 0.142 e. The van der Waals surface area contributed by atoms with Crippen LogP contribution in [0.4, 0.5) is 5.69 Å². The standard InChI is InChI=1S/C14H21NO/c1-2-11-8-9-14(13(15)10-11)16-12-6-4-3-5-7-12/h8-10,12H,2-7,15H2,1H3. The van der Waals surface area contributed by atoms with Gasteiger partial charge in [0.2, 0.25) is 0 Å². The van der Waals surface area contributed by atoms with Crippen LogP contribution in [0.2, 0.25) is 0 Å². The Balaban J connectivity index is 2.03. The number of hydrogen-bond acceptors (Lipinski definition) is 2. The monoisotopic (exact) mass is 219 g/mol. The van der Waals surface area contributed by atoms with Crippen molar-refractivity contribution in [3.63, 3.8) is 0 Å².